The molecule has 1 aromatic carbocycles. The quantitative estimate of drug-likeness (QED) is 0.823. The lowest BCUT2D eigenvalue weighted by molar-refractivity contribution is 0.0746. The Morgan fingerprint density at radius 1 is 1.56 bits per heavy atom. The molecule has 1 amide bonds. The van der Waals surface area contributed by atoms with Gasteiger partial charge in [-0.15, -0.1) is 0 Å². The third-order valence-electron chi connectivity index (χ3n) is 3.19. The van der Waals surface area contributed by atoms with Crippen LogP contribution in [0.5, 0.6) is 0 Å². The first kappa shape index (κ1) is 12.4. The molecule has 0 radical (unpaired) electrons. The summed E-state index contributed by atoms with van der Waals surface area (Å²) in [5, 5.41) is 8.66. The molecule has 2 rings (SSSR count). The third-order valence-corrected chi connectivity index (χ3v) is 3.19. The number of benzene rings is 1. The van der Waals surface area contributed by atoms with Gasteiger partial charge in [0.1, 0.15) is 0 Å². The van der Waals surface area contributed by atoms with E-state index in [1.54, 1.807) is 12.1 Å². The molecule has 0 bridgehead atoms. The van der Waals surface area contributed by atoms with Crippen molar-refractivity contribution in [1.29, 1.82) is 5.26 Å². The highest BCUT2D eigenvalue weighted by molar-refractivity contribution is 5.96. The summed E-state index contributed by atoms with van der Waals surface area (Å²) in [5.41, 5.74) is 7.93. The number of aryl methyl sites for hydroxylation is 1. The fourth-order valence-electron chi connectivity index (χ4n) is 2.09. The number of hydrogen-bond donors (Lipinski definition) is 1. The Balaban J connectivity index is 2.19. The van der Waals surface area contributed by atoms with Gasteiger partial charge in [-0.05, 0) is 43.5 Å². The van der Waals surface area contributed by atoms with Gasteiger partial charge in [0, 0.05) is 23.8 Å². The van der Waals surface area contributed by atoms with E-state index in [-0.39, 0.29) is 5.91 Å². The van der Waals surface area contributed by atoms with Crippen molar-refractivity contribution in [2.75, 3.05) is 12.3 Å². The van der Waals surface area contributed by atoms with Crippen molar-refractivity contribution in [3.63, 3.8) is 0 Å². The maximum absolute atomic E-state index is 12.4. The molecular weight excluding hydrogens is 226 g/mol. The highest BCUT2D eigenvalue weighted by Crippen LogP contribution is 2.29. The molecule has 0 unspecified atom stereocenters. The summed E-state index contributed by atoms with van der Waals surface area (Å²) in [4.78, 5) is 14.3. The van der Waals surface area contributed by atoms with Crippen LogP contribution in [0, 0.1) is 18.3 Å². The molecule has 1 saturated carbocycles. The number of amides is 1. The Bertz CT molecular complexity index is 500. The largest absolute Gasteiger partial charge is 0.399 e. The number of nitrogens with two attached hydrogens (primary N) is 1. The number of nitrogen functional groups attached to an aromatic ring is 1. The van der Waals surface area contributed by atoms with Crippen molar-refractivity contribution < 1.29 is 4.79 Å². The molecular formula is C14H17N3O. The molecule has 2 N–H and O–H groups in total. The van der Waals surface area contributed by atoms with Crippen LogP contribution in [0.4, 0.5) is 5.69 Å². The number of nitriles is 1. The molecule has 4 nitrogen and oxygen atoms in total. The summed E-state index contributed by atoms with van der Waals surface area (Å²) >= 11 is 0. The first-order valence-electron chi connectivity index (χ1n) is 6.17. The second-order valence-corrected chi connectivity index (χ2v) is 4.71. The van der Waals surface area contributed by atoms with E-state index in [9.17, 15) is 4.79 Å². The normalized spacial score (nSPS) is 14.0. The van der Waals surface area contributed by atoms with E-state index in [1.807, 2.05) is 17.9 Å². The van der Waals surface area contributed by atoms with Crippen LogP contribution in [0.3, 0.4) is 0 Å². The van der Waals surface area contributed by atoms with Crippen LogP contribution >= 0.6 is 0 Å². The number of carbonyl (C=O) groups excluding carboxylic acids is 1. The third kappa shape index (κ3) is 2.62. The smallest absolute Gasteiger partial charge is 0.254 e. The molecule has 0 heterocycles. The molecule has 0 saturated heterocycles. The van der Waals surface area contributed by atoms with Crippen LogP contribution in [0.25, 0.3) is 0 Å². The minimum Gasteiger partial charge on any atom is -0.399 e. The van der Waals surface area contributed by atoms with Crippen LogP contribution in [0.15, 0.2) is 18.2 Å². The molecule has 94 valence electrons. The summed E-state index contributed by atoms with van der Waals surface area (Å²) in [6, 6.07) is 7.75. The Morgan fingerprint density at radius 3 is 2.83 bits per heavy atom. The van der Waals surface area contributed by atoms with Crippen LogP contribution in [-0.2, 0) is 0 Å². The fourth-order valence-corrected chi connectivity index (χ4v) is 2.09. The zero-order valence-electron chi connectivity index (χ0n) is 10.5. The van der Waals surface area contributed by atoms with Crippen molar-refractivity contribution >= 4 is 11.6 Å². The van der Waals surface area contributed by atoms with Gasteiger partial charge in [-0.3, -0.25) is 4.79 Å². The van der Waals surface area contributed by atoms with Crippen LogP contribution < -0.4 is 5.73 Å². The topological polar surface area (TPSA) is 70.1 Å². The standard InChI is InChI=1S/C14H17N3O/c1-10-9-11(16)3-6-13(10)14(18)17(8-2-7-15)12-4-5-12/h3,6,9,12H,2,4-5,8,16H2,1H3. The molecule has 1 aliphatic carbocycles. The molecule has 0 spiro atoms. The van der Waals surface area contributed by atoms with E-state index >= 15 is 0 Å². The van der Waals surface area contributed by atoms with Gasteiger partial charge in [-0.25, -0.2) is 0 Å². The Kier molecular flexibility index (Phi) is 3.52. The maximum atomic E-state index is 12.4. The highest BCUT2D eigenvalue weighted by Gasteiger charge is 2.33. The van der Waals surface area contributed by atoms with E-state index < -0.39 is 0 Å². The van der Waals surface area contributed by atoms with Crippen molar-refractivity contribution in [3.8, 4) is 6.07 Å². The molecule has 4 heteroatoms. The van der Waals surface area contributed by atoms with Gasteiger partial charge in [0.05, 0.1) is 12.5 Å². The molecule has 18 heavy (non-hydrogen) atoms. The second kappa shape index (κ2) is 5.09. The summed E-state index contributed by atoms with van der Waals surface area (Å²) in [5.74, 6) is 0.0188. The Morgan fingerprint density at radius 2 is 2.28 bits per heavy atom. The summed E-state index contributed by atoms with van der Waals surface area (Å²) in [7, 11) is 0. The van der Waals surface area contributed by atoms with Gasteiger partial charge in [-0.1, -0.05) is 0 Å². The average Bonchev–Trinajstić information content (AvgIpc) is 3.13. The van der Waals surface area contributed by atoms with Gasteiger partial charge in [0.15, 0.2) is 0 Å². The monoisotopic (exact) mass is 243 g/mol. The lowest BCUT2D eigenvalue weighted by Crippen LogP contribution is -2.34. The van der Waals surface area contributed by atoms with Gasteiger partial charge in [0.2, 0.25) is 0 Å². The maximum Gasteiger partial charge on any atom is 0.254 e. The van der Waals surface area contributed by atoms with Gasteiger partial charge in [-0.2, -0.15) is 5.26 Å². The van der Waals surface area contributed by atoms with Gasteiger partial charge < -0.3 is 10.6 Å². The number of nitrogens with zero attached hydrogens (tertiary/aromatic N) is 2. The molecule has 1 aromatic rings. The summed E-state index contributed by atoms with van der Waals surface area (Å²) < 4.78 is 0. The van der Waals surface area contributed by atoms with Crippen molar-refractivity contribution in [2.45, 2.75) is 32.2 Å². The average molecular weight is 243 g/mol. The molecule has 1 aliphatic rings. The van der Waals surface area contributed by atoms with Gasteiger partial charge in [0.25, 0.3) is 5.91 Å². The fraction of sp³-hybridized carbons (Fsp3) is 0.429. The van der Waals surface area contributed by atoms with E-state index in [0.717, 1.165) is 18.4 Å². The number of carbonyl (C=O) groups is 1. The molecule has 1 fully saturated rings. The summed E-state index contributed by atoms with van der Waals surface area (Å²) in [6.45, 7) is 2.41. The van der Waals surface area contributed by atoms with Crippen LogP contribution in [0.2, 0.25) is 0 Å². The van der Waals surface area contributed by atoms with E-state index in [0.29, 0.717) is 30.3 Å². The van der Waals surface area contributed by atoms with Crippen LogP contribution in [0.1, 0.15) is 35.2 Å². The predicted octanol–water partition coefficient (Wildman–Crippen LogP) is 2.10. The Hall–Kier alpha value is -2.02. The van der Waals surface area contributed by atoms with Crippen molar-refractivity contribution in [3.05, 3.63) is 29.3 Å². The first-order valence-corrected chi connectivity index (χ1v) is 6.17. The zero-order chi connectivity index (χ0) is 13.1. The van der Waals surface area contributed by atoms with E-state index in [2.05, 4.69) is 6.07 Å². The zero-order valence-corrected chi connectivity index (χ0v) is 10.5. The molecule has 0 aromatic heterocycles. The van der Waals surface area contributed by atoms with E-state index in [1.165, 1.54) is 0 Å². The predicted molar refractivity (Wildman–Crippen MR) is 69.9 cm³/mol. The minimum absolute atomic E-state index is 0.0188. The van der Waals surface area contributed by atoms with Crippen molar-refractivity contribution in [2.24, 2.45) is 0 Å². The number of rotatable bonds is 4. The lowest BCUT2D eigenvalue weighted by Gasteiger charge is -2.22. The number of hydrogen-bond acceptors (Lipinski definition) is 3. The molecule has 0 aliphatic heterocycles. The van der Waals surface area contributed by atoms with Gasteiger partial charge >= 0.3 is 0 Å². The highest BCUT2D eigenvalue weighted by atomic mass is 16.2. The Labute approximate surface area is 107 Å². The van der Waals surface area contributed by atoms with Crippen LogP contribution in [-0.4, -0.2) is 23.4 Å². The second-order valence-electron chi connectivity index (χ2n) is 4.71. The van der Waals surface area contributed by atoms with E-state index in [4.69, 9.17) is 11.0 Å². The SMILES string of the molecule is Cc1cc(N)ccc1C(=O)N(CCC#N)C1CC1. The molecule has 0 atom stereocenters. The minimum atomic E-state index is 0.0188. The number of anilines is 1. The van der Waals surface area contributed by atoms with Crippen molar-refractivity contribution in [1.82, 2.24) is 4.90 Å². The lowest BCUT2D eigenvalue weighted by atomic mass is 10.1. The first-order chi connectivity index (χ1) is 8.63. The summed E-state index contributed by atoms with van der Waals surface area (Å²) in [6.07, 6.45) is 2.48.